The molecule has 0 saturated carbocycles. The van der Waals surface area contributed by atoms with E-state index in [0.717, 1.165) is 0 Å². The normalized spacial score (nSPS) is 40.5. The molecule has 1 heterocycles. The Labute approximate surface area is 57.8 Å². The lowest BCUT2D eigenvalue weighted by atomic mass is 10.2. The molecule has 1 saturated heterocycles. The third-order valence-electron chi connectivity index (χ3n) is 1.98. The number of halogens is 3. The van der Waals surface area contributed by atoms with E-state index >= 15 is 0 Å². The molecule has 1 nitrogen and oxygen atoms in total. The summed E-state index contributed by atoms with van der Waals surface area (Å²) in [6, 6.07) is -0.657. The largest absolute Gasteiger partial charge is 0.295 e. The minimum Gasteiger partial charge on any atom is -0.295 e. The van der Waals surface area contributed by atoms with Crippen LogP contribution >= 0.6 is 0 Å². The number of rotatable bonds is 0. The Morgan fingerprint density at radius 1 is 1.50 bits per heavy atom. The van der Waals surface area contributed by atoms with Gasteiger partial charge in [-0.05, 0) is 14.0 Å². The number of hydrogen-bond acceptors (Lipinski definition) is 1. The third-order valence-corrected chi connectivity index (χ3v) is 1.98. The van der Waals surface area contributed by atoms with Crippen molar-refractivity contribution >= 4 is 0 Å². The van der Waals surface area contributed by atoms with Crippen LogP contribution in [0.3, 0.4) is 0 Å². The second kappa shape index (κ2) is 2.12. The van der Waals surface area contributed by atoms with Crippen molar-refractivity contribution in [1.29, 1.82) is 0 Å². The molecule has 0 aromatic heterocycles. The zero-order chi connectivity index (χ0) is 7.94. The summed E-state index contributed by atoms with van der Waals surface area (Å²) in [6.07, 6.45) is -2.00. The Morgan fingerprint density at radius 2 is 2.00 bits per heavy atom. The van der Waals surface area contributed by atoms with Crippen LogP contribution in [0.25, 0.3) is 0 Å². The SMILES string of the molecule is CC1C(F)C(F)(F)CN1C. The zero-order valence-electron chi connectivity index (χ0n) is 5.94. The predicted molar refractivity (Wildman–Crippen MR) is 31.9 cm³/mol. The molecule has 0 N–H and O–H groups in total. The molecule has 0 aliphatic carbocycles. The van der Waals surface area contributed by atoms with Crippen LogP contribution in [-0.2, 0) is 0 Å². The quantitative estimate of drug-likeness (QED) is 0.507. The Morgan fingerprint density at radius 3 is 2.10 bits per heavy atom. The van der Waals surface area contributed by atoms with E-state index in [4.69, 9.17) is 0 Å². The van der Waals surface area contributed by atoms with Gasteiger partial charge >= 0.3 is 0 Å². The summed E-state index contributed by atoms with van der Waals surface area (Å²) in [6.45, 7) is 1.00. The molecule has 4 heteroatoms. The summed E-state index contributed by atoms with van der Waals surface area (Å²) in [5.41, 5.74) is 0. The molecule has 60 valence electrons. The predicted octanol–water partition coefficient (Wildman–Crippen LogP) is 1.29. The summed E-state index contributed by atoms with van der Waals surface area (Å²) in [5, 5.41) is 0. The number of alkyl halides is 3. The molecule has 1 rings (SSSR count). The minimum atomic E-state index is -3.14. The second-order valence-corrected chi connectivity index (χ2v) is 2.82. The van der Waals surface area contributed by atoms with E-state index in [2.05, 4.69) is 0 Å². The van der Waals surface area contributed by atoms with Crippen molar-refractivity contribution in [3.63, 3.8) is 0 Å². The van der Waals surface area contributed by atoms with Crippen LogP contribution in [0.5, 0.6) is 0 Å². The van der Waals surface area contributed by atoms with E-state index in [1.165, 1.54) is 18.9 Å². The van der Waals surface area contributed by atoms with E-state index in [-0.39, 0.29) is 0 Å². The fraction of sp³-hybridized carbons (Fsp3) is 1.00. The summed E-state index contributed by atoms with van der Waals surface area (Å²) < 4.78 is 37.4. The average molecular weight is 153 g/mol. The van der Waals surface area contributed by atoms with Crippen LogP contribution in [0.2, 0.25) is 0 Å². The van der Waals surface area contributed by atoms with Crippen LogP contribution in [0.15, 0.2) is 0 Å². The van der Waals surface area contributed by atoms with Gasteiger partial charge < -0.3 is 0 Å². The van der Waals surface area contributed by atoms with Gasteiger partial charge in [0.05, 0.1) is 6.54 Å². The van der Waals surface area contributed by atoms with Gasteiger partial charge in [-0.25, -0.2) is 13.2 Å². The first kappa shape index (κ1) is 7.85. The molecule has 10 heavy (non-hydrogen) atoms. The van der Waals surface area contributed by atoms with Crippen molar-refractivity contribution in [2.24, 2.45) is 0 Å². The molecule has 0 amide bonds. The van der Waals surface area contributed by atoms with E-state index in [1.807, 2.05) is 0 Å². The molecule has 0 bridgehead atoms. The van der Waals surface area contributed by atoms with Crippen LogP contribution in [0.1, 0.15) is 6.92 Å². The summed E-state index contributed by atoms with van der Waals surface area (Å²) in [7, 11) is 1.50. The average Bonchev–Trinajstić information content (AvgIpc) is 1.95. The van der Waals surface area contributed by atoms with Crippen LogP contribution in [0.4, 0.5) is 13.2 Å². The van der Waals surface area contributed by atoms with Crippen molar-refractivity contribution in [3.05, 3.63) is 0 Å². The molecular formula is C6H10F3N. The lowest BCUT2D eigenvalue weighted by molar-refractivity contribution is -0.0428. The highest BCUT2D eigenvalue weighted by Gasteiger charge is 2.51. The van der Waals surface area contributed by atoms with Gasteiger partial charge in [-0.15, -0.1) is 0 Å². The first-order chi connectivity index (χ1) is 4.45. The Balaban J connectivity index is 2.71. The third kappa shape index (κ3) is 1.00. The van der Waals surface area contributed by atoms with Crippen LogP contribution in [0, 0.1) is 0 Å². The maximum absolute atomic E-state index is 12.6. The maximum atomic E-state index is 12.6. The fourth-order valence-electron chi connectivity index (χ4n) is 1.14. The smallest absolute Gasteiger partial charge is 0.292 e. The molecule has 0 aromatic carbocycles. The fourth-order valence-corrected chi connectivity index (χ4v) is 1.14. The molecule has 2 unspecified atom stereocenters. The van der Waals surface area contributed by atoms with E-state index in [0.29, 0.717) is 0 Å². The minimum absolute atomic E-state index is 0.463. The number of likely N-dealkylation sites (tertiary alicyclic amines) is 1. The van der Waals surface area contributed by atoms with Crippen molar-refractivity contribution in [2.45, 2.75) is 25.1 Å². The summed E-state index contributed by atoms with van der Waals surface area (Å²) >= 11 is 0. The Hall–Kier alpha value is -0.250. The molecule has 1 fully saturated rings. The lowest BCUT2D eigenvalue weighted by Gasteiger charge is -2.13. The van der Waals surface area contributed by atoms with Gasteiger partial charge in [0, 0.05) is 6.04 Å². The van der Waals surface area contributed by atoms with Gasteiger partial charge in [0.15, 0.2) is 6.17 Å². The van der Waals surface area contributed by atoms with Gasteiger partial charge in [-0.2, -0.15) is 0 Å². The number of hydrogen-bond donors (Lipinski definition) is 0. The van der Waals surface area contributed by atoms with Crippen LogP contribution in [-0.4, -0.2) is 36.6 Å². The molecule has 0 radical (unpaired) electrons. The standard InChI is InChI=1S/C6H10F3N/c1-4-5(7)6(8,9)3-10(4)2/h4-5H,3H2,1-2H3. The molecular weight excluding hydrogens is 143 g/mol. The molecule has 0 spiro atoms. The van der Waals surface area contributed by atoms with Crippen molar-refractivity contribution in [3.8, 4) is 0 Å². The van der Waals surface area contributed by atoms with E-state index < -0.39 is 24.7 Å². The first-order valence-electron chi connectivity index (χ1n) is 3.17. The molecule has 2 atom stereocenters. The summed E-state index contributed by atoms with van der Waals surface area (Å²) in [4.78, 5) is 1.32. The molecule has 0 aromatic rings. The van der Waals surface area contributed by atoms with Gasteiger partial charge in [0.1, 0.15) is 0 Å². The topological polar surface area (TPSA) is 3.24 Å². The molecule has 1 aliphatic heterocycles. The Kier molecular flexibility index (Phi) is 1.66. The first-order valence-corrected chi connectivity index (χ1v) is 3.17. The van der Waals surface area contributed by atoms with E-state index in [1.54, 1.807) is 0 Å². The molecule has 1 aliphatic rings. The van der Waals surface area contributed by atoms with Gasteiger partial charge in [-0.1, -0.05) is 0 Å². The second-order valence-electron chi connectivity index (χ2n) is 2.82. The summed E-state index contributed by atoms with van der Waals surface area (Å²) in [5.74, 6) is -3.14. The highest BCUT2D eigenvalue weighted by molar-refractivity contribution is 4.95. The monoisotopic (exact) mass is 153 g/mol. The van der Waals surface area contributed by atoms with Crippen molar-refractivity contribution in [1.82, 2.24) is 4.90 Å². The number of nitrogens with zero attached hydrogens (tertiary/aromatic N) is 1. The maximum Gasteiger partial charge on any atom is 0.292 e. The van der Waals surface area contributed by atoms with Crippen LogP contribution < -0.4 is 0 Å². The van der Waals surface area contributed by atoms with Gasteiger partial charge in [0.25, 0.3) is 5.92 Å². The highest BCUT2D eigenvalue weighted by atomic mass is 19.3. The highest BCUT2D eigenvalue weighted by Crippen LogP contribution is 2.33. The zero-order valence-corrected chi connectivity index (χ0v) is 5.94. The Bertz CT molecular complexity index is 137. The van der Waals surface area contributed by atoms with Crippen molar-refractivity contribution in [2.75, 3.05) is 13.6 Å². The van der Waals surface area contributed by atoms with Gasteiger partial charge in [0.2, 0.25) is 0 Å². The van der Waals surface area contributed by atoms with E-state index in [9.17, 15) is 13.2 Å². The van der Waals surface area contributed by atoms with Crippen molar-refractivity contribution < 1.29 is 13.2 Å². The van der Waals surface area contributed by atoms with Gasteiger partial charge in [-0.3, -0.25) is 4.90 Å². The lowest BCUT2D eigenvalue weighted by Crippen LogP contribution is -2.30.